The number of halogens is 2. The average Bonchev–Trinajstić information content (AvgIpc) is 3.13. The van der Waals surface area contributed by atoms with Gasteiger partial charge in [0, 0.05) is 22.3 Å². The minimum absolute atomic E-state index is 0.394. The Morgan fingerprint density at radius 3 is 2.47 bits per heavy atom. The maximum Gasteiger partial charge on any atom is 0.197 e. The normalized spacial score (nSPS) is 11.1. The van der Waals surface area contributed by atoms with Gasteiger partial charge in [-0.1, -0.05) is 59.6 Å². The summed E-state index contributed by atoms with van der Waals surface area (Å²) >= 11 is 18.1. The van der Waals surface area contributed by atoms with Crippen molar-refractivity contribution in [1.29, 1.82) is 0 Å². The highest BCUT2D eigenvalue weighted by Gasteiger charge is 2.19. The topological polar surface area (TPSA) is 46.0 Å². The largest absolute Gasteiger partial charge is 0.329 e. The van der Waals surface area contributed by atoms with Gasteiger partial charge in [0.05, 0.1) is 22.1 Å². The molecule has 4 nitrogen and oxygen atoms in total. The van der Waals surface area contributed by atoms with Crippen LogP contribution in [0.5, 0.6) is 0 Å². The van der Waals surface area contributed by atoms with Crippen LogP contribution in [0.4, 0.5) is 0 Å². The fourth-order valence-electron chi connectivity index (χ4n) is 3.46. The average molecular weight is 449 g/mol. The molecule has 0 saturated heterocycles. The molecule has 0 bridgehead atoms. The molecule has 0 amide bonds. The zero-order valence-electron chi connectivity index (χ0n) is 15.5. The van der Waals surface area contributed by atoms with Crippen molar-refractivity contribution >= 4 is 41.1 Å². The highest BCUT2D eigenvalue weighted by Crippen LogP contribution is 2.37. The van der Waals surface area contributed by atoms with E-state index in [1.165, 1.54) is 0 Å². The van der Waals surface area contributed by atoms with Crippen molar-refractivity contribution in [3.63, 3.8) is 0 Å². The fraction of sp³-hybridized carbons (Fsp3) is 0. The first kappa shape index (κ1) is 19.0. The van der Waals surface area contributed by atoms with E-state index in [2.05, 4.69) is 9.97 Å². The molecule has 0 aliphatic heterocycles. The number of imidazole rings is 1. The van der Waals surface area contributed by atoms with E-state index in [1.807, 2.05) is 71.3 Å². The minimum atomic E-state index is 0.394. The minimum Gasteiger partial charge on any atom is -0.329 e. The third-order valence-electron chi connectivity index (χ3n) is 4.79. The Labute approximate surface area is 187 Å². The maximum absolute atomic E-state index is 6.53. The summed E-state index contributed by atoms with van der Waals surface area (Å²) in [5, 5.41) is 1.10. The summed E-state index contributed by atoms with van der Waals surface area (Å²) in [6, 6.07) is 23.2. The Hall–Kier alpha value is -2.99. The van der Waals surface area contributed by atoms with Gasteiger partial charge < -0.3 is 4.98 Å². The first-order valence-electron chi connectivity index (χ1n) is 9.20. The zero-order valence-corrected chi connectivity index (χ0v) is 17.8. The van der Waals surface area contributed by atoms with Gasteiger partial charge in [0.1, 0.15) is 11.3 Å². The molecule has 3 aromatic heterocycles. The molecule has 146 valence electrons. The van der Waals surface area contributed by atoms with Gasteiger partial charge in [-0.2, -0.15) is 0 Å². The SMILES string of the molecule is S=c1nc(-c2ccccc2)cc(-c2c(-c3ccc(Cl)cc3Cl)nc3ccccn23)[nH]1. The molecule has 0 saturated carbocycles. The molecular formula is C23H14Cl2N4S. The van der Waals surface area contributed by atoms with Gasteiger partial charge in [0.2, 0.25) is 0 Å². The highest BCUT2D eigenvalue weighted by atomic mass is 35.5. The predicted octanol–water partition coefficient (Wildman–Crippen LogP) is 7.09. The molecule has 0 unspecified atom stereocenters. The predicted molar refractivity (Wildman–Crippen MR) is 124 cm³/mol. The monoisotopic (exact) mass is 448 g/mol. The second-order valence-corrected chi connectivity index (χ2v) is 7.94. The number of H-pyrrole nitrogens is 1. The third-order valence-corrected chi connectivity index (χ3v) is 5.53. The lowest BCUT2D eigenvalue weighted by atomic mass is 10.1. The Kier molecular flexibility index (Phi) is 4.87. The molecule has 3 heterocycles. The number of rotatable bonds is 3. The molecular weight excluding hydrogens is 435 g/mol. The second-order valence-electron chi connectivity index (χ2n) is 6.71. The molecule has 1 N–H and O–H groups in total. The molecule has 0 radical (unpaired) electrons. The van der Waals surface area contributed by atoms with Crippen LogP contribution in [0.25, 0.3) is 39.5 Å². The Balaban J connectivity index is 1.81. The Morgan fingerprint density at radius 1 is 0.867 bits per heavy atom. The molecule has 7 heteroatoms. The van der Waals surface area contributed by atoms with Crippen LogP contribution in [-0.2, 0) is 0 Å². The fourth-order valence-corrected chi connectivity index (χ4v) is 4.17. The van der Waals surface area contributed by atoms with Gasteiger partial charge >= 0.3 is 0 Å². The number of hydrogen-bond acceptors (Lipinski definition) is 3. The van der Waals surface area contributed by atoms with Crippen LogP contribution in [0.3, 0.4) is 0 Å². The van der Waals surface area contributed by atoms with E-state index in [9.17, 15) is 0 Å². The van der Waals surface area contributed by atoms with Crippen molar-refractivity contribution in [2.75, 3.05) is 0 Å². The van der Waals surface area contributed by atoms with Gasteiger partial charge in [0.15, 0.2) is 4.77 Å². The quantitative estimate of drug-likeness (QED) is 0.299. The summed E-state index contributed by atoms with van der Waals surface area (Å²) in [4.78, 5) is 12.6. The van der Waals surface area contributed by atoms with Crippen LogP contribution in [0.2, 0.25) is 10.0 Å². The van der Waals surface area contributed by atoms with Crippen molar-refractivity contribution in [1.82, 2.24) is 19.4 Å². The van der Waals surface area contributed by atoms with E-state index in [0.29, 0.717) is 14.8 Å². The number of aromatic amines is 1. The van der Waals surface area contributed by atoms with Gasteiger partial charge in [0.25, 0.3) is 0 Å². The second kappa shape index (κ2) is 7.69. The number of aromatic nitrogens is 4. The number of nitrogens with one attached hydrogen (secondary N) is 1. The van der Waals surface area contributed by atoms with Crippen LogP contribution >= 0.6 is 35.4 Å². The molecule has 2 aromatic carbocycles. The number of hydrogen-bond donors (Lipinski definition) is 1. The molecule has 0 atom stereocenters. The molecule has 0 spiro atoms. The Morgan fingerprint density at radius 2 is 1.67 bits per heavy atom. The van der Waals surface area contributed by atoms with Crippen molar-refractivity contribution in [2.24, 2.45) is 0 Å². The number of pyridine rings is 1. The van der Waals surface area contributed by atoms with Gasteiger partial charge in [-0.3, -0.25) is 4.40 Å². The van der Waals surface area contributed by atoms with E-state index in [1.54, 1.807) is 12.1 Å². The first-order valence-corrected chi connectivity index (χ1v) is 10.4. The van der Waals surface area contributed by atoms with Crippen molar-refractivity contribution < 1.29 is 0 Å². The van der Waals surface area contributed by atoms with Crippen LogP contribution < -0.4 is 0 Å². The first-order chi connectivity index (χ1) is 14.6. The third kappa shape index (κ3) is 3.41. The summed E-state index contributed by atoms with van der Waals surface area (Å²) < 4.78 is 2.40. The van der Waals surface area contributed by atoms with Crippen molar-refractivity contribution in [3.8, 4) is 33.9 Å². The summed E-state index contributed by atoms with van der Waals surface area (Å²) in [5.41, 5.74) is 5.74. The number of nitrogens with zero attached hydrogens (tertiary/aromatic N) is 3. The molecule has 0 aliphatic rings. The van der Waals surface area contributed by atoms with Crippen LogP contribution in [0.1, 0.15) is 0 Å². The van der Waals surface area contributed by atoms with Gasteiger partial charge in [-0.15, -0.1) is 0 Å². The molecule has 5 aromatic rings. The van der Waals surface area contributed by atoms with E-state index in [-0.39, 0.29) is 0 Å². The molecule has 30 heavy (non-hydrogen) atoms. The maximum atomic E-state index is 6.53. The van der Waals surface area contributed by atoms with Gasteiger partial charge in [-0.05, 0) is 48.6 Å². The summed E-state index contributed by atoms with van der Waals surface area (Å²) in [6.45, 7) is 0. The van der Waals surface area contributed by atoms with E-state index < -0.39 is 0 Å². The standard InChI is InChI=1S/C23H14Cl2N4S/c24-15-9-10-16(17(25)12-15)21-22(29-11-5-4-8-20(29)28-21)19-13-18(26-23(30)27-19)14-6-2-1-3-7-14/h1-13H,(H,26,27,30). The molecule has 0 fully saturated rings. The van der Waals surface area contributed by atoms with E-state index in [0.717, 1.165) is 39.5 Å². The van der Waals surface area contributed by atoms with E-state index in [4.69, 9.17) is 40.4 Å². The lowest BCUT2D eigenvalue weighted by molar-refractivity contribution is 1.11. The smallest absolute Gasteiger partial charge is 0.197 e. The summed E-state index contributed by atoms with van der Waals surface area (Å²) in [5.74, 6) is 0. The molecule has 0 aliphatic carbocycles. The summed E-state index contributed by atoms with van der Waals surface area (Å²) in [7, 11) is 0. The van der Waals surface area contributed by atoms with Crippen molar-refractivity contribution in [3.05, 3.63) is 93.8 Å². The number of benzene rings is 2. The highest BCUT2D eigenvalue weighted by molar-refractivity contribution is 7.71. The number of fused-ring (bicyclic) bond motifs is 1. The lowest BCUT2D eigenvalue weighted by Crippen LogP contribution is -1.96. The van der Waals surface area contributed by atoms with Crippen LogP contribution in [-0.4, -0.2) is 19.4 Å². The zero-order chi connectivity index (χ0) is 20.7. The lowest BCUT2D eigenvalue weighted by Gasteiger charge is -2.09. The summed E-state index contributed by atoms with van der Waals surface area (Å²) in [6.07, 6.45) is 1.96. The van der Waals surface area contributed by atoms with Gasteiger partial charge in [-0.25, -0.2) is 9.97 Å². The molecule has 5 rings (SSSR count). The Bertz CT molecular complexity index is 1440. The van der Waals surface area contributed by atoms with Crippen LogP contribution in [0.15, 0.2) is 79.0 Å². The van der Waals surface area contributed by atoms with E-state index >= 15 is 0 Å². The van der Waals surface area contributed by atoms with Crippen molar-refractivity contribution in [2.45, 2.75) is 0 Å². The van der Waals surface area contributed by atoms with Crippen LogP contribution in [0, 0.1) is 4.77 Å².